The molecular weight excluding hydrogens is 338 g/mol. The van der Waals surface area contributed by atoms with Crippen molar-refractivity contribution in [3.05, 3.63) is 35.2 Å². The molecule has 0 spiro atoms. The standard InChI is InChI=1S/C19H20ClN3O2/c1-11-21-9-16(23(11)2)13-6-7-15-14(8-13)17(20)18(19(22-15)24-3)25-10-12-4-5-12/h6-9,12H,4-5,10H2,1-3H3. The average Bonchev–Trinajstić information content (AvgIpc) is 3.39. The number of benzene rings is 1. The Hall–Kier alpha value is -2.27. The van der Waals surface area contributed by atoms with Crippen molar-refractivity contribution in [2.24, 2.45) is 13.0 Å². The second kappa shape index (κ2) is 6.23. The highest BCUT2D eigenvalue weighted by molar-refractivity contribution is 6.37. The molecule has 6 heteroatoms. The number of rotatable bonds is 5. The zero-order valence-corrected chi connectivity index (χ0v) is 15.3. The van der Waals surface area contributed by atoms with Gasteiger partial charge in [-0.2, -0.15) is 0 Å². The Kier molecular flexibility index (Phi) is 4.04. The quantitative estimate of drug-likeness (QED) is 0.679. The molecule has 0 aliphatic heterocycles. The number of hydrogen-bond donors (Lipinski definition) is 0. The van der Waals surface area contributed by atoms with Crippen LogP contribution < -0.4 is 9.47 Å². The molecule has 0 N–H and O–H groups in total. The molecule has 25 heavy (non-hydrogen) atoms. The first kappa shape index (κ1) is 16.2. The Morgan fingerprint density at radius 2 is 2.12 bits per heavy atom. The first-order valence-electron chi connectivity index (χ1n) is 8.37. The number of aryl methyl sites for hydroxylation is 1. The summed E-state index contributed by atoms with van der Waals surface area (Å²) in [6.07, 6.45) is 4.29. The number of fused-ring (bicyclic) bond motifs is 1. The summed E-state index contributed by atoms with van der Waals surface area (Å²) in [7, 11) is 3.58. The largest absolute Gasteiger partial charge is 0.486 e. The van der Waals surface area contributed by atoms with Gasteiger partial charge in [-0.15, -0.1) is 0 Å². The van der Waals surface area contributed by atoms with Crippen molar-refractivity contribution in [1.82, 2.24) is 14.5 Å². The summed E-state index contributed by atoms with van der Waals surface area (Å²) in [6, 6.07) is 6.00. The smallest absolute Gasteiger partial charge is 0.258 e. The van der Waals surface area contributed by atoms with E-state index in [1.807, 2.05) is 38.4 Å². The van der Waals surface area contributed by atoms with E-state index in [9.17, 15) is 0 Å². The minimum atomic E-state index is 0.433. The first-order chi connectivity index (χ1) is 12.1. The monoisotopic (exact) mass is 357 g/mol. The van der Waals surface area contributed by atoms with E-state index in [-0.39, 0.29) is 0 Å². The molecule has 0 amide bonds. The average molecular weight is 358 g/mol. The molecule has 1 saturated carbocycles. The highest BCUT2D eigenvalue weighted by Crippen LogP contribution is 2.41. The van der Waals surface area contributed by atoms with Crippen LogP contribution in [0.15, 0.2) is 24.4 Å². The molecule has 1 aliphatic rings. The number of ether oxygens (including phenoxy) is 2. The maximum absolute atomic E-state index is 6.67. The molecule has 1 fully saturated rings. The lowest BCUT2D eigenvalue weighted by Gasteiger charge is -2.14. The number of pyridine rings is 1. The fourth-order valence-electron chi connectivity index (χ4n) is 2.86. The Morgan fingerprint density at radius 3 is 2.76 bits per heavy atom. The van der Waals surface area contributed by atoms with Crippen LogP contribution in [0.1, 0.15) is 18.7 Å². The van der Waals surface area contributed by atoms with Crippen LogP contribution in [0.4, 0.5) is 0 Å². The Bertz CT molecular complexity index is 947. The lowest BCUT2D eigenvalue weighted by molar-refractivity contribution is 0.277. The summed E-state index contributed by atoms with van der Waals surface area (Å²) in [6.45, 7) is 2.64. The number of imidazole rings is 1. The Balaban J connectivity index is 1.82. The highest BCUT2D eigenvalue weighted by Gasteiger charge is 2.24. The topological polar surface area (TPSA) is 49.2 Å². The third kappa shape index (κ3) is 2.93. The number of halogens is 1. The minimum Gasteiger partial charge on any atom is -0.486 e. The molecule has 0 atom stereocenters. The molecule has 3 aromatic rings. The van der Waals surface area contributed by atoms with Gasteiger partial charge in [0, 0.05) is 18.0 Å². The summed E-state index contributed by atoms with van der Waals surface area (Å²) in [4.78, 5) is 8.93. The summed E-state index contributed by atoms with van der Waals surface area (Å²) in [5, 5.41) is 1.40. The van der Waals surface area contributed by atoms with Gasteiger partial charge in [-0.1, -0.05) is 17.7 Å². The van der Waals surface area contributed by atoms with Crippen LogP contribution in [0.5, 0.6) is 11.6 Å². The summed E-state index contributed by atoms with van der Waals surface area (Å²) < 4.78 is 13.4. The van der Waals surface area contributed by atoms with Crippen molar-refractivity contribution in [3.8, 4) is 22.9 Å². The van der Waals surface area contributed by atoms with E-state index in [0.717, 1.165) is 28.0 Å². The van der Waals surface area contributed by atoms with Crippen molar-refractivity contribution in [2.75, 3.05) is 13.7 Å². The number of nitrogens with zero attached hydrogens (tertiary/aromatic N) is 3. The van der Waals surface area contributed by atoms with Crippen molar-refractivity contribution < 1.29 is 9.47 Å². The van der Waals surface area contributed by atoms with Gasteiger partial charge in [-0.25, -0.2) is 9.97 Å². The second-order valence-corrected chi connectivity index (χ2v) is 6.88. The number of methoxy groups -OCH3 is 1. The molecule has 2 heterocycles. The molecular formula is C19H20ClN3O2. The zero-order chi connectivity index (χ0) is 17.6. The molecule has 5 nitrogen and oxygen atoms in total. The molecule has 0 saturated heterocycles. The normalized spacial score (nSPS) is 14.1. The number of hydrogen-bond acceptors (Lipinski definition) is 4. The molecule has 130 valence electrons. The van der Waals surface area contributed by atoms with Crippen LogP contribution in [0.2, 0.25) is 5.02 Å². The lowest BCUT2D eigenvalue weighted by atomic mass is 10.1. The third-order valence-electron chi connectivity index (χ3n) is 4.72. The van der Waals surface area contributed by atoms with Gasteiger partial charge < -0.3 is 14.0 Å². The predicted octanol–water partition coefficient (Wildman–Crippen LogP) is 4.39. The minimum absolute atomic E-state index is 0.433. The fraction of sp³-hybridized carbons (Fsp3) is 0.368. The Morgan fingerprint density at radius 1 is 1.32 bits per heavy atom. The van der Waals surface area contributed by atoms with E-state index in [1.54, 1.807) is 7.11 Å². The van der Waals surface area contributed by atoms with Gasteiger partial charge in [0.1, 0.15) is 5.82 Å². The zero-order valence-electron chi connectivity index (χ0n) is 14.5. The van der Waals surface area contributed by atoms with E-state index in [2.05, 4.69) is 14.5 Å². The summed E-state index contributed by atoms with van der Waals surface area (Å²) in [5.41, 5.74) is 2.85. The van der Waals surface area contributed by atoms with Crippen LogP contribution in [0.25, 0.3) is 22.2 Å². The molecule has 0 unspecified atom stereocenters. The molecule has 0 bridgehead atoms. The molecule has 0 radical (unpaired) electrons. The molecule has 4 rings (SSSR count). The van der Waals surface area contributed by atoms with Crippen LogP contribution in [-0.4, -0.2) is 28.3 Å². The third-order valence-corrected chi connectivity index (χ3v) is 5.09. The second-order valence-electron chi connectivity index (χ2n) is 6.50. The van der Waals surface area contributed by atoms with E-state index >= 15 is 0 Å². The van der Waals surface area contributed by atoms with E-state index in [0.29, 0.717) is 29.2 Å². The SMILES string of the molecule is COc1nc2ccc(-c3cnc(C)n3C)cc2c(Cl)c1OCC1CC1. The van der Waals surface area contributed by atoms with Gasteiger partial charge >= 0.3 is 0 Å². The van der Waals surface area contributed by atoms with Crippen LogP contribution in [0.3, 0.4) is 0 Å². The van der Waals surface area contributed by atoms with Gasteiger partial charge in [0.2, 0.25) is 5.75 Å². The predicted molar refractivity (Wildman–Crippen MR) is 98.5 cm³/mol. The van der Waals surface area contributed by atoms with Gasteiger partial charge in [0.25, 0.3) is 5.88 Å². The highest BCUT2D eigenvalue weighted by atomic mass is 35.5. The van der Waals surface area contributed by atoms with Crippen LogP contribution >= 0.6 is 11.6 Å². The maximum atomic E-state index is 6.67. The van der Waals surface area contributed by atoms with Gasteiger partial charge in [0.15, 0.2) is 0 Å². The summed E-state index contributed by atoms with van der Waals surface area (Å²) >= 11 is 6.67. The van der Waals surface area contributed by atoms with Gasteiger partial charge in [-0.3, -0.25) is 0 Å². The molecule has 1 aliphatic carbocycles. The van der Waals surface area contributed by atoms with Gasteiger partial charge in [0.05, 0.1) is 36.1 Å². The Labute approximate surface area is 151 Å². The van der Waals surface area contributed by atoms with E-state index in [4.69, 9.17) is 21.1 Å². The lowest BCUT2D eigenvalue weighted by Crippen LogP contribution is -2.03. The van der Waals surface area contributed by atoms with Crippen LogP contribution in [-0.2, 0) is 7.05 Å². The van der Waals surface area contributed by atoms with Crippen molar-refractivity contribution in [1.29, 1.82) is 0 Å². The van der Waals surface area contributed by atoms with Crippen molar-refractivity contribution in [3.63, 3.8) is 0 Å². The molecule has 2 aromatic heterocycles. The van der Waals surface area contributed by atoms with E-state index < -0.39 is 0 Å². The van der Waals surface area contributed by atoms with E-state index in [1.165, 1.54) is 12.8 Å². The van der Waals surface area contributed by atoms with Crippen molar-refractivity contribution in [2.45, 2.75) is 19.8 Å². The first-order valence-corrected chi connectivity index (χ1v) is 8.75. The summed E-state index contributed by atoms with van der Waals surface area (Å²) in [5.74, 6) is 2.55. The van der Waals surface area contributed by atoms with Gasteiger partial charge in [-0.05, 0) is 37.8 Å². The maximum Gasteiger partial charge on any atom is 0.258 e. The molecule has 1 aromatic carbocycles. The number of aromatic nitrogens is 3. The van der Waals surface area contributed by atoms with Crippen molar-refractivity contribution >= 4 is 22.5 Å². The fourth-order valence-corrected chi connectivity index (χ4v) is 3.15. The van der Waals surface area contributed by atoms with Crippen LogP contribution in [0, 0.1) is 12.8 Å².